The maximum atomic E-state index is 14.1. The molecule has 0 aliphatic carbocycles. The van der Waals surface area contributed by atoms with Gasteiger partial charge in [0.15, 0.2) is 0 Å². The molecule has 0 fully saturated rings. The van der Waals surface area contributed by atoms with Crippen LogP contribution in [0.2, 0.25) is 0 Å². The molecule has 0 saturated heterocycles. The van der Waals surface area contributed by atoms with Crippen LogP contribution >= 0.6 is 0 Å². The molecule has 1 amide bonds. The van der Waals surface area contributed by atoms with Gasteiger partial charge in [0.25, 0.3) is 5.91 Å². The normalized spacial score (nSPS) is 11.3. The van der Waals surface area contributed by atoms with E-state index in [1.807, 2.05) is 38.1 Å². The van der Waals surface area contributed by atoms with Crippen LogP contribution in [0.15, 0.2) is 36.4 Å². The zero-order chi connectivity index (χ0) is 19.8. The Hall–Kier alpha value is -3.28. The molecular formula is C22H22FN3O2. The quantitative estimate of drug-likeness (QED) is 0.481. The highest BCUT2D eigenvalue weighted by Crippen LogP contribution is 2.28. The molecule has 3 N–H and O–H groups in total. The summed E-state index contributed by atoms with van der Waals surface area (Å²) in [6.07, 6.45) is 0.621. The Morgan fingerprint density at radius 2 is 1.96 bits per heavy atom. The maximum Gasteiger partial charge on any atom is 0.267 e. The number of amides is 1. The predicted octanol–water partition coefficient (Wildman–Crippen LogP) is 4.39. The Balaban J connectivity index is 1.50. The number of aryl methyl sites for hydroxylation is 2. The molecule has 4 rings (SSSR count). The standard InChI is InChI=1S/C22H22FN3O2/c1-12-4-7-17(23)21-20(12)16(13(2)25-21)8-9-24-22(27)19-10-14-5-6-15(28-3)11-18(14)26-19/h4-7,10-11,25-26H,8-9H2,1-3H3,(H,24,27). The molecule has 0 unspecified atom stereocenters. The molecule has 0 aliphatic rings. The van der Waals surface area contributed by atoms with E-state index in [1.54, 1.807) is 13.2 Å². The van der Waals surface area contributed by atoms with Crippen LogP contribution in [0.4, 0.5) is 4.39 Å². The van der Waals surface area contributed by atoms with Crippen LogP contribution in [0.5, 0.6) is 5.75 Å². The van der Waals surface area contributed by atoms with E-state index in [2.05, 4.69) is 15.3 Å². The molecule has 5 nitrogen and oxygen atoms in total. The number of benzene rings is 2. The number of carbonyl (C=O) groups excluding carboxylic acids is 1. The number of hydrogen-bond acceptors (Lipinski definition) is 2. The number of fused-ring (bicyclic) bond motifs is 2. The molecule has 144 valence electrons. The van der Waals surface area contributed by atoms with Crippen molar-refractivity contribution in [2.24, 2.45) is 0 Å². The molecule has 0 bridgehead atoms. The predicted molar refractivity (Wildman–Crippen MR) is 109 cm³/mol. The van der Waals surface area contributed by atoms with Crippen molar-refractivity contribution in [3.8, 4) is 5.75 Å². The first-order valence-corrected chi connectivity index (χ1v) is 9.19. The van der Waals surface area contributed by atoms with E-state index < -0.39 is 0 Å². The van der Waals surface area contributed by atoms with Gasteiger partial charge in [0.05, 0.1) is 12.6 Å². The minimum absolute atomic E-state index is 0.171. The van der Waals surface area contributed by atoms with Gasteiger partial charge in [0, 0.05) is 34.6 Å². The Morgan fingerprint density at radius 1 is 1.14 bits per heavy atom. The average molecular weight is 379 g/mol. The van der Waals surface area contributed by atoms with Crippen molar-refractivity contribution in [3.05, 3.63) is 64.7 Å². The lowest BCUT2D eigenvalue weighted by Crippen LogP contribution is -2.26. The van der Waals surface area contributed by atoms with Crippen molar-refractivity contribution in [2.75, 3.05) is 13.7 Å². The van der Waals surface area contributed by atoms with Crippen molar-refractivity contribution in [1.29, 1.82) is 0 Å². The zero-order valence-electron chi connectivity index (χ0n) is 16.1. The van der Waals surface area contributed by atoms with Crippen molar-refractivity contribution >= 4 is 27.7 Å². The van der Waals surface area contributed by atoms with Gasteiger partial charge in [0.2, 0.25) is 0 Å². The van der Waals surface area contributed by atoms with E-state index in [-0.39, 0.29) is 11.7 Å². The highest BCUT2D eigenvalue weighted by atomic mass is 19.1. The number of halogens is 1. The number of methoxy groups -OCH3 is 1. The molecule has 0 atom stereocenters. The fraction of sp³-hybridized carbons (Fsp3) is 0.227. The lowest BCUT2D eigenvalue weighted by molar-refractivity contribution is 0.0950. The van der Waals surface area contributed by atoms with E-state index in [9.17, 15) is 9.18 Å². The number of nitrogens with one attached hydrogen (secondary N) is 3. The summed E-state index contributed by atoms with van der Waals surface area (Å²) in [4.78, 5) is 18.8. The van der Waals surface area contributed by atoms with Gasteiger partial charge in [0.1, 0.15) is 17.3 Å². The highest BCUT2D eigenvalue weighted by Gasteiger charge is 2.15. The van der Waals surface area contributed by atoms with Gasteiger partial charge in [-0.1, -0.05) is 6.07 Å². The van der Waals surface area contributed by atoms with Crippen LogP contribution in [0.3, 0.4) is 0 Å². The number of rotatable bonds is 5. The topological polar surface area (TPSA) is 69.9 Å². The maximum absolute atomic E-state index is 14.1. The number of H-pyrrole nitrogens is 2. The second-order valence-electron chi connectivity index (χ2n) is 6.98. The number of aromatic amines is 2. The third kappa shape index (κ3) is 3.11. The summed E-state index contributed by atoms with van der Waals surface area (Å²) < 4.78 is 19.3. The number of carbonyl (C=O) groups is 1. The van der Waals surface area contributed by atoms with Crippen LogP contribution in [0, 0.1) is 19.7 Å². The monoisotopic (exact) mass is 379 g/mol. The summed E-state index contributed by atoms with van der Waals surface area (Å²) in [5.74, 6) is 0.307. The Morgan fingerprint density at radius 3 is 2.75 bits per heavy atom. The Labute approximate surface area is 161 Å². The Kier molecular flexibility index (Phi) is 4.55. The molecule has 0 aliphatic heterocycles. The summed E-state index contributed by atoms with van der Waals surface area (Å²) >= 11 is 0. The molecule has 4 aromatic rings. The van der Waals surface area contributed by atoms with E-state index in [1.165, 1.54) is 6.07 Å². The molecule has 0 spiro atoms. The molecule has 2 aromatic heterocycles. The minimum atomic E-state index is -0.257. The summed E-state index contributed by atoms with van der Waals surface area (Å²) in [5, 5.41) is 4.80. The van der Waals surface area contributed by atoms with Gasteiger partial charge in [-0.25, -0.2) is 4.39 Å². The molecule has 28 heavy (non-hydrogen) atoms. The average Bonchev–Trinajstić information content (AvgIpc) is 3.26. The summed E-state index contributed by atoms with van der Waals surface area (Å²) in [7, 11) is 1.61. The van der Waals surface area contributed by atoms with Crippen molar-refractivity contribution in [1.82, 2.24) is 15.3 Å². The first-order valence-electron chi connectivity index (χ1n) is 9.19. The van der Waals surface area contributed by atoms with Gasteiger partial charge in [-0.2, -0.15) is 0 Å². The van der Waals surface area contributed by atoms with Gasteiger partial charge >= 0.3 is 0 Å². The van der Waals surface area contributed by atoms with E-state index >= 15 is 0 Å². The lowest BCUT2D eigenvalue weighted by atomic mass is 10.0. The van der Waals surface area contributed by atoms with Crippen LogP contribution in [0.25, 0.3) is 21.8 Å². The fourth-order valence-electron chi connectivity index (χ4n) is 3.71. The molecule has 0 saturated carbocycles. The van der Waals surface area contributed by atoms with Crippen LogP contribution in [-0.2, 0) is 6.42 Å². The smallest absolute Gasteiger partial charge is 0.267 e. The van der Waals surface area contributed by atoms with Gasteiger partial charge in [-0.05, 0) is 55.7 Å². The molecule has 2 heterocycles. The molecule has 2 aromatic carbocycles. The summed E-state index contributed by atoms with van der Waals surface area (Å²) in [5.41, 5.74) is 4.86. The summed E-state index contributed by atoms with van der Waals surface area (Å²) in [6, 6.07) is 10.7. The largest absolute Gasteiger partial charge is 0.497 e. The second kappa shape index (κ2) is 7.03. The lowest BCUT2D eigenvalue weighted by Gasteiger charge is -2.06. The molecule has 0 radical (unpaired) electrons. The third-order valence-corrected chi connectivity index (χ3v) is 5.16. The third-order valence-electron chi connectivity index (χ3n) is 5.16. The zero-order valence-corrected chi connectivity index (χ0v) is 16.1. The van der Waals surface area contributed by atoms with Crippen molar-refractivity contribution in [3.63, 3.8) is 0 Å². The van der Waals surface area contributed by atoms with Gasteiger partial charge in [-0.3, -0.25) is 4.79 Å². The van der Waals surface area contributed by atoms with E-state index in [0.717, 1.165) is 38.9 Å². The SMILES string of the molecule is COc1ccc2cc(C(=O)NCCc3c(C)[nH]c4c(F)ccc(C)c34)[nH]c2c1. The van der Waals surface area contributed by atoms with Crippen molar-refractivity contribution in [2.45, 2.75) is 20.3 Å². The van der Waals surface area contributed by atoms with E-state index in [0.29, 0.717) is 24.2 Å². The van der Waals surface area contributed by atoms with Crippen LogP contribution in [-0.4, -0.2) is 29.5 Å². The highest BCUT2D eigenvalue weighted by molar-refractivity contribution is 5.98. The number of hydrogen-bond donors (Lipinski definition) is 3. The van der Waals surface area contributed by atoms with Crippen LogP contribution in [0.1, 0.15) is 27.3 Å². The van der Waals surface area contributed by atoms with Crippen LogP contribution < -0.4 is 10.1 Å². The van der Waals surface area contributed by atoms with Crippen molar-refractivity contribution < 1.29 is 13.9 Å². The first-order chi connectivity index (χ1) is 13.5. The molecular weight excluding hydrogens is 357 g/mol. The van der Waals surface area contributed by atoms with Gasteiger partial charge in [-0.15, -0.1) is 0 Å². The summed E-state index contributed by atoms with van der Waals surface area (Å²) in [6.45, 7) is 4.36. The number of ether oxygens (including phenoxy) is 1. The van der Waals surface area contributed by atoms with Gasteiger partial charge < -0.3 is 20.0 Å². The van der Waals surface area contributed by atoms with E-state index in [4.69, 9.17) is 4.74 Å². The minimum Gasteiger partial charge on any atom is -0.497 e. The Bertz CT molecular complexity index is 1190. The second-order valence-corrected chi connectivity index (χ2v) is 6.98. The molecule has 6 heteroatoms. The number of aromatic nitrogens is 2. The first kappa shape index (κ1) is 18.1. The fourth-order valence-corrected chi connectivity index (χ4v) is 3.71.